The number of carbonyl (C=O) groups excluding carboxylic acids is 2. The molecule has 0 spiro atoms. The lowest BCUT2D eigenvalue weighted by Crippen LogP contribution is -2.41. The number of carbonyl (C=O) groups is 2. The van der Waals surface area contributed by atoms with Crippen molar-refractivity contribution in [3.63, 3.8) is 0 Å². The van der Waals surface area contributed by atoms with Gasteiger partial charge in [0, 0.05) is 35.5 Å². The smallest absolute Gasteiger partial charge is 0.235 e. The number of nitrogens with zero attached hydrogens (tertiary/aromatic N) is 2. The number of nitrogens with one attached hydrogen (secondary N) is 1. The number of benzene rings is 1. The lowest BCUT2D eigenvalue weighted by atomic mass is 9.66. The number of hydrogen-bond donors (Lipinski definition) is 1. The standard InChI is InChI=1S/C27H31N3O5/c1-15-22(26(32)30-21-9-7-8-10-28-21)23(24-17(29-15)13-27(2,3)14-18(24)31)16-11-19(33-4)25(35-6)20(12-16)34-5/h7-12,22-23H,13-14H2,1-6H3,(H,28,30,32)/t22?,23-/m0/s1. The largest absolute Gasteiger partial charge is 0.493 e. The van der Waals surface area contributed by atoms with Crippen molar-refractivity contribution in [1.29, 1.82) is 0 Å². The van der Waals surface area contributed by atoms with Crippen LogP contribution in [0.3, 0.4) is 0 Å². The lowest BCUT2D eigenvalue weighted by Gasteiger charge is -2.39. The molecule has 1 amide bonds. The minimum atomic E-state index is -0.719. The molecular formula is C27H31N3O5. The fourth-order valence-corrected chi connectivity index (χ4v) is 5.07. The molecule has 1 aliphatic carbocycles. The number of ether oxygens (including phenoxy) is 3. The second kappa shape index (κ2) is 9.52. The molecule has 2 atom stereocenters. The summed E-state index contributed by atoms with van der Waals surface area (Å²) >= 11 is 0. The first-order valence-electron chi connectivity index (χ1n) is 11.5. The van der Waals surface area contributed by atoms with Crippen molar-refractivity contribution in [3.8, 4) is 17.2 Å². The lowest BCUT2D eigenvalue weighted by molar-refractivity contribution is -0.119. The van der Waals surface area contributed by atoms with Gasteiger partial charge in [0.05, 0.1) is 27.2 Å². The van der Waals surface area contributed by atoms with Crippen LogP contribution in [0.25, 0.3) is 0 Å². The molecule has 0 bridgehead atoms. The van der Waals surface area contributed by atoms with Crippen LogP contribution < -0.4 is 19.5 Å². The third kappa shape index (κ3) is 4.65. The van der Waals surface area contributed by atoms with Crippen molar-refractivity contribution in [2.45, 2.75) is 39.5 Å². The van der Waals surface area contributed by atoms with E-state index >= 15 is 0 Å². The van der Waals surface area contributed by atoms with Crippen LogP contribution in [0.1, 0.15) is 45.1 Å². The number of aromatic nitrogens is 1. The van der Waals surface area contributed by atoms with E-state index in [4.69, 9.17) is 19.2 Å². The van der Waals surface area contributed by atoms with Crippen molar-refractivity contribution >= 4 is 23.2 Å². The van der Waals surface area contributed by atoms with E-state index in [1.54, 1.807) is 38.6 Å². The molecule has 0 fully saturated rings. The summed E-state index contributed by atoms with van der Waals surface area (Å²) in [6.07, 6.45) is 2.65. The Kier molecular flexibility index (Phi) is 6.65. The number of ketones is 1. The Morgan fingerprint density at radius 2 is 1.74 bits per heavy atom. The van der Waals surface area contributed by atoms with Crippen LogP contribution in [-0.2, 0) is 9.59 Å². The molecule has 8 nitrogen and oxygen atoms in total. The minimum absolute atomic E-state index is 0.00175. The number of anilines is 1. The van der Waals surface area contributed by atoms with Crippen molar-refractivity contribution < 1.29 is 23.8 Å². The highest BCUT2D eigenvalue weighted by atomic mass is 16.5. The summed E-state index contributed by atoms with van der Waals surface area (Å²) in [6.45, 7) is 5.96. The van der Waals surface area contributed by atoms with E-state index in [1.807, 2.05) is 19.1 Å². The van der Waals surface area contributed by atoms with Gasteiger partial charge < -0.3 is 19.5 Å². The van der Waals surface area contributed by atoms with Crippen LogP contribution in [0.15, 0.2) is 52.8 Å². The summed E-state index contributed by atoms with van der Waals surface area (Å²) in [5, 5.41) is 2.90. The summed E-state index contributed by atoms with van der Waals surface area (Å²) in [7, 11) is 4.62. The average molecular weight is 478 g/mol. The highest BCUT2D eigenvalue weighted by Gasteiger charge is 2.46. The molecule has 2 aromatic rings. The zero-order valence-corrected chi connectivity index (χ0v) is 21.0. The van der Waals surface area contributed by atoms with Crippen molar-refractivity contribution in [1.82, 2.24) is 4.98 Å². The van der Waals surface area contributed by atoms with Crippen LogP contribution in [0.4, 0.5) is 5.82 Å². The maximum Gasteiger partial charge on any atom is 0.235 e. The molecule has 1 aliphatic heterocycles. The average Bonchev–Trinajstić information content (AvgIpc) is 2.81. The number of Topliss-reactive ketones (excluding diaryl/α,β-unsaturated/α-hetero) is 1. The Morgan fingerprint density at radius 1 is 1.06 bits per heavy atom. The SMILES string of the molecule is COc1cc([C@@H]2C3=C(CC(C)(C)CC3=O)N=C(C)C2C(=O)Nc2ccccn2)cc(OC)c1OC. The Morgan fingerprint density at radius 3 is 2.31 bits per heavy atom. The molecule has 8 heteroatoms. The van der Waals surface area contributed by atoms with Gasteiger partial charge in [0.15, 0.2) is 17.3 Å². The fourth-order valence-electron chi connectivity index (χ4n) is 5.07. The van der Waals surface area contributed by atoms with E-state index in [1.165, 1.54) is 7.11 Å². The van der Waals surface area contributed by atoms with Crippen LogP contribution in [0.2, 0.25) is 0 Å². The fraction of sp³-hybridized carbons (Fsp3) is 0.407. The molecule has 0 radical (unpaired) electrons. The minimum Gasteiger partial charge on any atom is -0.493 e. The van der Waals surface area contributed by atoms with Gasteiger partial charge in [-0.1, -0.05) is 19.9 Å². The number of amides is 1. The van der Waals surface area contributed by atoms with Gasteiger partial charge in [-0.05, 0) is 48.6 Å². The van der Waals surface area contributed by atoms with E-state index < -0.39 is 11.8 Å². The van der Waals surface area contributed by atoms with E-state index in [-0.39, 0.29) is 17.1 Å². The zero-order chi connectivity index (χ0) is 25.3. The second-order valence-electron chi connectivity index (χ2n) is 9.67. The first-order valence-corrected chi connectivity index (χ1v) is 11.5. The summed E-state index contributed by atoms with van der Waals surface area (Å²) in [5.74, 6) is 0.222. The maximum absolute atomic E-state index is 13.6. The van der Waals surface area contributed by atoms with E-state index in [0.717, 1.165) is 11.3 Å². The van der Waals surface area contributed by atoms with E-state index in [2.05, 4.69) is 24.1 Å². The number of rotatable bonds is 6. The molecule has 1 aromatic carbocycles. The molecule has 4 rings (SSSR count). The van der Waals surface area contributed by atoms with Gasteiger partial charge >= 0.3 is 0 Å². The molecule has 1 unspecified atom stereocenters. The number of methoxy groups -OCH3 is 3. The maximum atomic E-state index is 13.6. The highest BCUT2D eigenvalue weighted by molar-refractivity contribution is 6.13. The zero-order valence-electron chi connectivity index (χ0n) is 21.0. The summed E-state index contributed by atoms with van der Waals surface area (Å²) in [5.41, 5.74) is 2.47. The third-order valence-electron chi connectivity index (χ3n) is 6.55. The molecule has 35 heavy (non-hydrogen) atoms. The molecule has 2 heterocycles. The van der Waals surface area contributed by atoms with Crippen LogP contribution in [0, 0.1) is 11.3 Å². The normalized spacial score (nSPS) is 21.1. The van der Waals surface area contributed by atoms with Crippen LogP contribution in [-0.4, -0.2) is 43.7 Å². The first-order chi connectivity index (χ1) is 16.7. The van der Waals surface area contributed by atoms with Crippen LogP contribution >= 0.6 is 0 Å². The third-order valence-corrected chi connectivity index (χ3v) is 6.55. The quantitative estimate of drug-likeness (QED) is 0.655. The molecule has 2 aliphatic rings. The monoisotopic (exact) mass is 477 g/mol. The predicted molar refractivity (Wildman–Crippen MR) is 133 cm³/mol. The van der Waals surface area contributed by atoms with Gasteiger partial charge in [-0.25, -0.2) is 4.98 Å². The van der Waals surface area contributed by atoms with Crippen molar-refractivity contribution in [3.05, 3.63) is 53.4 Å². The molecule has 1 N–H and O–H groups in total. The molecule has 0 saturated heterocycles. The number of pyridine rings is 1. The van der Waals surface area contributed by atoms with Gasteiger partial charge in [-0.2, -0.15) is 0 Å². The van der Waals surface area contributed by atoms with Gasteiger partial charge in [0.25, 0.3) is 0 Å². The van der Waals surface area contributed by atoms with Crippen molar-refractivity contribution in [2.75, 3.05) is 26.6 Å². The molecular weight excluding hydrogens is 446 g/mol. The van der Waals surface area contributed by atoms with Gasteiger partial charge in [-0.15, -0.1) is 0 Å². The summed E-state index contributed by atoms with van der Waals surface area (Å²) in [4.78, 5) is 36.2. The number of aliphatic imine (C=N–C) groups is 1. The Balaban J connectivity index is 1.89. The Bertz CT molecular complexity index is 1190. The molecule has 1 aromatic heterocycles. The number of hydrogen-bond acceptors (Lipinski definition) is 7. The Labute approximate surface area is 205 Å². The summed E-state index contributed by atoms with van der Waals surface area (Å²) in [6, 6.07) is 8.92. The topological polar surface area (TPSA) is 99.1 Å². The first kappa shape index (κ1) is 24.4. The highest BCUT2D eigenvalue weighted by Crippen LogP contribution is 2.50. The van der Waals surface area contributed by atoms with Crippen molar-refractivity contribution in [2.24, 2.45) is 16.3 Å². The van der Waals surface area contributed by atoms with Gasteiger partial charge in [-0.3, -0.25) is 14.6 Å². The van der Waals surface area contributed by atoms with Gasteiger partial charge in [0.1, 0.15) is 5.82 Å². The number of allylic oxidation sites excluding steroid dienone is 2. The van der Waals surface area contributed by atoms with Gasteiger partial charge in [0.2, 0.25) is 11.7 Å². The summed E-state index contributed by atoms with van der Waals surface area (Å²) < 4.78 is 16.6. The predicted octanol–water partition coefficient (Wildman–Crippen LogP) is 4.56. The van der Waals surface area contributed by atoms with E-state index in [9.17, 15) is 9.59 Å². The van der Waals surface area contributed by atoms with Crippen LogP contribution in [0.5, 0.6) is 17.2 Å². The second-order valence-corrected chi connectivity index (χ2v) is 9.67. The molecule has 0 saturated carbocycles. The molecule has 184 valence electrons. The Hall–Kier alpha value is -3.68. The van der Waals surface area contributed by atoms with E-state index in [0.29, 0.717) is 47.2 Å².